The first-order valence-electron chi connectivity index (χ1n) is 12.4. The molecule has 1 atom stereocenters. The largest absolute Gasteiger partial charge is 0.492 e. The van der Waals surface area contributed by atoms with Gasteiger partial charge >= 0.3 is 0 Å². The van der Waals surface area contributed by atoms with Gasteiger partial charge in [-0.25, -0.2) is 14.4 Å². The van der Waals surface area contributed by atoms with Crippen LogP contribution in [0.4, 0.5) is 10.1 Å². The highest BCUT2D eigenvalue weighted by Crippen LogP contribution is 2.23. The van der Waals surface area contributed by atoms with Gasteiger partial charge in [-0.1, -0.05) is 19.6 Å². The van der Waals surface area contributed by atoms with Gasteiger partial charge in [0, 0.05) is 43.3 Å². The van der Waals surface area contributed by atoms with E-state index < -0.39 is 6.29 Å². The van der Waals surface area contributed by atoms with Crippen molar-refractivity contribution in [3.05, 3.63) is 66.7 Å². The van der Waals surface area contributed by atoms with Crippen molar-refractivity contribution in [2.75, 3.05) is 31.6 Å². The lowest BCUT2D eigenvalue weighted by Crippen LogP contribution is -2.38. The second kappa shape index (κ2) is 14.7. The van der Waals surface area contributed by atoms with E-state index in [-0.39, 0.29) is 6.10 Å². The minimum Gasteiger partial charge on any atom is -0.492 e. The van der Waals surface area contributed by atoms with Crippen LogP contribution in [0.15, 0.2) is 54.6 Å². The Hall–Kier alpha value is -3.76. The summed E-state index contributed by atoms with van der Waals surface area (Å²) in [5.41, 5.74) is 2.76. The highest BCUT2D eigenvalue weighted by atomic mass is 19.1. The fourth-order valence-corrected chi connectivity index (χ4v) is 3.70. The summed E-state index contributed by atoms with van der Waals surface area (Å²) in [6.45, 7) is 8.82. The van der Waals surface area contributed by atoms with E-state index in [1.54, 1.807) is 30.6 Å². The number of H-pyrrole nitrogens is 1. The van der Waals surface area contributed by atoms with Crippen LogP contribution in [0.3, 0.4) is 0 Å². The predicted molar refractivity (Wildman–Crippen MR) is 148 cm³/mol. The molecule has 9 nitrogen and oxygen atoms in total. The number of aromatic nitrogens is 2. The van der Waals surface area contributed by atoms with E-state index in [2.05, 4.69) is 37.1 Å². The molecule has 1 aliphatic rings. The number of likely N-dealkylation sites (tertiary alicyclic amines) is 1. The summed E-state index contributed by atoms with van der Waals surface area (Å²) in [4.78, 5) is 14.1. The number of piperidine rings is 1. The van der Waals surface area contributed by atoms with Crippen molar-refractivity contribution in [2.24, 2.45) is 4.99 Å². The number of allylic oxidation sites excluding steroid dienone is 1. The number of hydrogen-bond acceptors (Lipinski definition) is 8. The Bertz CT molecular complexity index is 1100. The van der Waals surface area contributed by atoms with Crippen LogP contribution in [-0.4, -0.2) is 70.5 Å². The lowest BCUT2D eigenvalue weighted by Gasteiger charge is -2.29. The van der Waals surface area contributed by atoms with Crippen LogP contribution in [-0.2, 0) is 0 Å². The Kier molecular flexibility index (Phi) is 11.1. The average Bonchev–Trinajstić information content (AvgIpc) is 3.37. The van der Waals surface area contributed by atoms with E-state index in [0.717, 1.165) is 49.9 Å². The maximum absolute atomic E-state index is 12.7. The maximum atomic E-state index is 12.7. The van der Waals surface area contributed by atoms with Crippen molar-refractivity contribution in [2.45, 2.75) is 38.6 Å². The number of halogens is 1. The number of aliphatic hydroxyl groups excluding tert-OH is 1. The minimum atomic E-state index is -0.671. The van der Waals surface area contributed by atoms with Gasteiger partial charge in [-0.3, -0.25) is 4.90 Å². The van der Waals surface area contributed by atoms with Crippen LogP contribution in [0.5, 0.6) is 5.75 Å². The summed E-state index contributed by atoms with van der Waals surface area (Å²) in [5.74, 6) is 1.30. The topological polar surface area (TPSA) is 122 Å². The molecule has 0 saturated carbocycles. The minimum absolute atomic E-state index is 0.194. The van der Waals surface area contributed by atoms with Crippen molar-refractivity contribution in [3.63, 3.8) is 0 Å². The summed E-state index contributed by atoms with van der Waals surface area (Å²) >= 11 is 0. The number of aromatic amines is 1. The van der Waals surface area contributed by atoms with Crippen LogP contribution in [0.2, 0.25) is 0 Å². The zero-order valence-corrected chi connectivity index (χ0v) is 21.2. The molecule has 1 aromatic carbocycles. The molecular weight excluding hydrogens is 473 g/mol. The molecule has 3 rings (SSSR count). The molecule has 198 valence electrons. The summed E-state index contributed by atoms with van der Waals surface area (Å²) < 4.78 is 18.7. The summed E-state index contributed by atoms with van der Waals surface area (Å²) in [6, 6.07) is 5.66. The van der Waals surface area contributed by atoms with Gasteiger partial charge in [0.2, 0.25) is 0 Å². The Balaban J connectivity index is 1.64. The summed E-state index contributed by atoms with van der Waals surface area (Å²) in [7, 11) is 0. The molecule has 0 radical (unpaired) electrons. The molecule has 1 aromatic heterocycles. The van der Waals surface area contributed by atoms with Gasteiger partial charge in [0.25, 0.3) is 0 Å². The maximum Gasteiger partial charge on any atom is 0.193 e. The average molecular weight is 510 g/mol. The van der Waals surface area contributed by atoms with Crippen LogP contribution in [0.25, 0.3) is 12.2 Å². The van der Waals surface area contributed by atoms with E-state index in [0.29, 0.717) is 42.3 Å². The standard InChI is InChI=1S/C27H36FN7O2/c1-3-20-15-22(17-25(16-20)37-14-13-35-11-7-24(36)8-12-35)34-27(30-10-9-28)32-19-23-18-31-26(33-23)6-5-21(29)4-2/h3,5-6,9-10,15-19,24,27,29-30,34,36H,1,4,7-8,11-14H2,2H3,(H,31,33)/b6-5-,10-9+,29-21?,32-19?. The smallest absolute Gasteiger partial charge is 0.193 e. The third-order valence-electron chi connectivity index (χ3n) is 5.82. The number of nitrogens with one attached hydrogen (secondary N) is 4. The van der Waals surface area contributed by atoms with Crippen molar-refractivity contribution in [3.8, 4) is 5.75 Å². The number of rotatable bonds is 14. The van der Waals surface area contributed by atoms with E-state index in [1.165, 1.54) is 0 Å². The Morgan fingerprint density at radius 1 is 1.41 bits per heavy atom. The Morgan fingerprint density at radius 2 is 2.22 bits per heavy atom. The number of benzene rings is 1. The van der Waals surface area contributed by atoms with Gasteiger partial charge in [0.05, 0.1) is 24.2 Å². The third kappa shape index (κ3) is 9.66. The van der Waals surface area contributed by atoms with Gasteiger partial charge in [-0.15, -0.1) is 0 Å². The lowest BCUT2D eigenvalue weighted by atomic mass is 10.1. The number of anilines is 1. The zero-order chi connectivity index (χ0) is 26.5. The number of aliphatic imine (C=N–C) groups is 1. The van der Waals surface area contributed by atoms with Crippen molar-refractivity contribution in [1.29, 1.82) is 5.41 Å². The molecule has 2 aromatic rings. The van der Waals surface area contributed by atoms with Crippen LogP contribution >= 0.6 is 0 Å². The quantitative estimate of drug-likeness (QED) is 0.192. The molecule has 1 aliphatic heterocycles. The van der Waals surface area contributed by atoms with Crippen molar-refractivity contribution >= 4 is 29.8 Å². The molecule has 0 spiro atoms. The molecule has 0 bridgehead atoms. The van der Waals surface area contributed by atoms with E-state index in [9.17, 15) is 9.50 Å². The molecule has 0 aliphatic carbocycles. The molecular formula is C27H36FN7O2. The van der Waals surface area contributed by atoms with Crippen LogP contribution in [0, 0.1) is 5.41 Å². The molecule has 1 unspecified atom stereocenters. The first-order valence-corrected chi connectivity index (χ1v) is 12.4. The normalized spacial score (nSPS) is 16.0. The number of nitrogens with zero attached hydrogens (tertiary/aromatic N) is 3. The van der Waals surface area contributed by atoms with Gasteiger partial charge in [-0.2, -0.15) is 0 Å². The second-order valence-electron chi connectivity index (χ2n) is 8.64. The van der Waals surface area contributed by atoms with Gasteiger partial charge < -0.3 is 30.9 Å². The van der Waals surface area contributed by atoms with Crippen molar-refractivity contribution < 1.29 is 14.2 Å². The molecule has 10 heteroatoms. The first-order chi connectivity index (χ1) is 18.0. The Labute approximate surface area is 217 Å². The monoisotopic (exact) mass is 509 g/mol. The zero-order valence-electron chi connectivity index (χ0n) is 21.2. The van der Waals surface area contributed by atoms with Crippen LogP contribution < -0.4 is 15.4 Å². The van der Waals surface area contributed by atoms with E-state index in [4.69, 9.17) is 10.1 Å². The molecule has 1 fully saturated rings. The van der Waals surface area contributed by atoms with Crippen molar-refractivity contribution in [1.82, 2.24) is 20.2 Å². The van der Waals surface area contributed by atoms with Gasteiger partial charge in [-0.05, 0) is 49.1 Å². The molecule has 37 heavy (non-hydrogen) atoms. The highest BCUT2D eigenvalue weighted by Gasteiger charge is 2.16. The molecule has 0 amide bonds. The molecule has 1 saturated heterocycles. The third-order valence-corrected chi connectivity index (χ3v) is 5.82. The molecule has 5 N–H and O–H groups in total. The predicted octanol–water partition coefficient (Wildman–Crippen LogP) is 4.18. The molecule has 2 heterocycles. The first kappa shape index (κ1) is 27.8. The number of ether oxygens (including phenoxy) is 1. The summed E-state index contributed by atoms with van der Waals surface area (Å²) in [6.07, 6.45) is 11.3. The number of imidazole rings is 1. The SMILES string of the molecule is C=Cc1cc(NC(N=Cc2cnc(/C=C\C(=N)CC)[nH]2)N/C=C/F)cc(OCCN2CCC(O)CC2)c1. The fourth-order valence-electron chi connectivity index (χ4n) is 3.70. The lowest BCUT2D eigenvalue weighted by molar-refractivity contribution is 0.0755. The van der Waals surface area contributed by atoms with Gasteiger partial charge in [0.15, 0.2) is 6.29 Å². The fraction of sp³-hybridized carbons (Fsp3) is 0.370. The number of hydrogen-bond donors (Lipinski definition) is 5. The van der Waals surface area contributed by atoms with E-state index in [1.807, 2.05) is 25.1 Å². The van der Waals surface area contributed by atoms with Crippen LogP contribution in [0.1, 0.15) is 43.3 Å². The second-order valence-corrected chi connectivity index (χ2v) is 8.64. The number of aliphatic hydroxyl groups is 1. The van der Waals surface area contributed by atoms with E-state index >= 15 is 0 Å². The Morgan fingerprint density at radius 3 is 2.95 bits per heavy atom. The highest BCUT2D eigenvalue weighted by molar-refractivity contribution is 5.95. The summed E-state index contributed by atoms with van der Waals surface area (Å²) in [5, 5.41) is 23.5. The van der Waals surface area contributed by atoms with Gasteiger partial charge in [0.1, 0.15) is 24.5 Å².